The van der Waals surface area contributed by atoms with Crippen LogP contribution in [0.1, 0.15) is 0 Å². The third kappa shape index (κ3) is 1.67. The van der Waals surface area contributed by atoms with E-state index < -0.39 is 0 Å². The van der Waals surface area contributed by atoms with E-state index in [-0.39, 0.29) is 19.5 Å². The van der Waals surface area contributed by atoms with Crippen molar-refractivity contribution in [3.63, 3.8) is 0 Å². The van der Waals surface area contributed by atoms with Gasteiger partial charge in [0, 0.05) is 0 Å². The quantitative estimate of drug-likeness (QED) is 0.445. The van der Waals surface area contributed by atoms with Gasteiger partial charge in [-0.25, -0.2) is 0 Å². The Labute approximate surface area is 79.0 Å². The Balaban J connectivity index is 0.000000605. The van der Waals surface area contributed by atoms with Crippen LogP contribution in [0.25, 0.3) is 10.8 Å². The molecule has 0 nitrogen and oxygen atoms in total. The summed E-state index contributed by atoms with van der Waals surface area (Å²) >= 11 is 0. The summed E-state index contributed by atoms with van der Waals surface area (Å²) in [7, 11) is 0. The van der Waals surface area contributed by atoms with Gasteiger partial charge in [-0.3, -0.25) is 0 Å². The molecule has 0 unspecified atom stereocenters. The zero-order valence-electron chi connectivity index (χ0n) is 6.25. The smallest absolute Gasteiger partial charge is 0.147 e. The number of rotatable bonds is 0. The van der Waals surface area contributed by atoms with Gasteiger partial charge in [0.1, 0.15) is 0 Å². The van der Waals surface area contributed by atoms with Gasteiger partial charge in [0.25, 0.3) is 0 Å². The van der Waals surface area contributed by atoms with Crippen molar-refractivity contribution in [3.8, 4) is 0 Å². The zero-order valence-corrected chi connectivity index (χ0v) is 9.22. The summed E-state index contributed by atoms with van der Waals surface area (Å²) in [4.78, 5) is 0. The molecule has 0 saturated heterocycles. The predicted octanol–water partition coefficient (Wildman–Crippen LogP) is 2.64. The summed E-state index contributed by atoms with van der Waals surface area (Å²) in [5.74, 6) is 0. The molecular formula is C10H7Zn+. The van der Waals surface area contributed by atoms with Crippen molar-refractivity contribution in [2.75, 3.05) is 0 Å². The van der Waals surface area contributed by atoms with E-state index in [0.717, 1.165) is 0 Å². The molecule has 0 radical (unpaired) electrons. The van der Waals surface area contributed by atoms with Crippen LogP contribution in [0.15, 0.2) is 42.5 Å². The maximum Gasteiger partial charge on any atom is 2.00 e. The first-order chi connectivity index (χ1) is 4.97. The molecule has 0 heterocycles. The molecule has 11 heavy (non-hydrogen) atoms. The summed E-state index contributed by atoms with van der Waals surface area (Å²) in [5, 5.41) is 2.44. The van der Waals surface area contributed by atoms with E-state index in [1.807, 2.05) is 24.3 Å². The van der Waals surface area contributed by atoms with Crippen molar-refractivity contribution in [1.29, 1.82) is 0 Å². The normalized spacial score (nSPS) is 9.09. The van der Waals surface area contributed by atoms with Gasteiger partial charge >= 0.3 is 19.5 Å². The van der Waals surface area contributed by atoms with Crippen LogP contribution in [0.2, 0.25) is 0 Å². The average molecular weight is 193 g/mol. The fourth-order valence-corrected chi connectivity index (χ4v) is 1.06. The van der Waals surface area contributed by atoms with Crippen LogP contribution in [-0.4, -0.2) is 0 Å². The van der Waals surface area contributed by atoms with Gasteiger partial charge in [-0.05, 0) is 0 Å². The molecule has 0 N–H and O–H groups in total. The summed E-state index contributed by atoms with van der Waals surface area (Å²) < 4.78 is 0. The van der Waals surface area contributed by atoms with Crippen molar-refractivity contribution in [2.24, 2.45) is 0 Å². The third-order valence-corrected chi connectivity index (χ3v) is 1.57. The number of benzene rings is 2. The SMILES string of the molecule is [Zn+2].[c-]1cccc2ccccc12. The molecule has 0 spiro atoms. The molecule has 2 aromatic rings. The number of hydrogen-bond acceptors (Lipinski definition) is 0. The van der Waals surface area contributed by atoms with Crippen LogP contribution in [0.5, 0.6) is 0 Å². The summed E-state index contributed by atoms with van der Waals surface area (Å²) in [5.41, 5.74) is 0. The van der Waals surface area contributed by atoms with Crippen LogP contribution in [-0.2, 0) is 19.5 Å². The van der Waals surface area contributed by atoms with E-state index in [0.29, 0.717) is 0 Å². The van der Waals surface area contributed by atoms with Crippen molar-refractivity contribution >= 4 is 10.8 Å². The molecule has 0 atom stereocenters. The van der Waals surface area contributed by atoms with E-state index >= 15 is 0 Å². The van der Waals surface area contributed by atoms with Crippen LogP contribution in [0, 0.1) is 6.07 Å². The second-order valence-corrected chi connectivity index (χ2v) is 2.26. The minimum absolute atomic E-state index is 0. The standard InChI is InChI=1S/C10H7.Zn/c1-2-6-10-8-4-3-7-9(10)5-1;/h1-7H;/q-1;+2. The first kappa shape index (κ1) is 8.42. The van der Waals surface area contributed by atoms with Gasteiger partial charge in [-0.1, -0.05) is 12.1 Å². The van der Waals surface area contributed by atoms with Gasteiger partial charge in [-0.15, -0.1) is 47.2 Å². The summed E-state index contributed by atoms with van der Waals surface area (Å²) in [6, 6.07) is 17.4. The molecule has 48 valence electrons. The fourth-order valence-electron chi connectivity index (χ4n) is 1.06. The molecule has 0 aromatic heterocycles. The van der Waals surface area contributed by atoms with Crippen molar-refractivity contribution in [2.45, 2.75) is 0 Å². The van der Waals surface area contributed by atoms with E-state index in [1.165, 1.54) is 10.8 Å². The second kappa shape index (κ2) is 3.64. The van der Waals surface area contributed by atoms with Gasteiger partial charge in [0.2, 0.25) is 0 Å². The monoisotopic (exact) mass is 191 g/mol. The molecule has 1 heteroatoms. The first-order valence-electron chi connectivity index (χ1n) is 3.32. The predicted molar refractivity (Wildman–Crippen MR) is 42.8 cm³/mol. The molecule has 0 aliphatic carbocycles. The maximum absolute atomic E-state index is 3.15. The van der Waals surface area contributed by atoms with Gasteiger partial charge in [-0.2, -0.15) is 0 Å². The minimum atomic E-state index is 0. The summed E-state index contributed by atoms with van der Waals surface area (Å²) in [6.07, 6.45) is 0. The minimum Gasteiger partial charge on any atom is -0.147 e. The molecule has 0 aliphatic heterocycles. The Kier molecular flexibility index (Phi) is 2.79. The maximum atomic E-state index is 3.15. The van der Waals surface area contributed by atoms with E-state index in [2.05, 4.69) is 24.3 Å². The Hall–Kier alpha value is -0.677. The Morgan fingerprint density at radius 2 is 1.64 bits per heavy atom. The van der Waals surface area contributed by atoms with Crippen molar-refractivity contribution < 1.29 is 19.5 Å². The molecule has 0 fully saturated rings. The second-order valence-electron chi connectivity index (χ2n) is 2.26. The van der Waals surface area contributed by atoms with Crippen LogP contribution in [0.3, 0.4) is 0 Å². The largest absolute Gasteiger partial charge is 2.00 e. The topological polar surface area (TPSA) is 0 Å². The number of hydrogen-bond donors (Lipinski definition) is 0. The molecule has 2 aromatic carbocycles. The van der Waals surface area contributed by atoms with Crippen molar-refractivity contribution in [3.05, 3.63) is 48.5 Å². The van der Waals surface area contributed by atoms with Crippen molar-refractivity contribution in [1.82, 2.24) is 0 Å². The third-order valence-electron chi connectivity index (χ3n) is 1.57. The van der Waals surface area contributed by atoms with E-state index in [1.54, 1.807) is 0 Å². The summed E-state index contributed by atoms with van der Waals surface area (Å²) in [6.45, 7) is 0. The molecule has 2 rings (SSSR count). The van der Waals surface area contributed by atoms with Crippen LogP contribution in [0.4, 0.5) is 0 Å². The van der Waals surface area contributed by atoms with Crippen LogP contribution < -0.4 is 0 Å². The van der Waals surface area contributed by atoms with E-state index in [4.69, 9.17) is 0 Å². The van der Waals surface area contributed by atoms with E-state index in [9.17, 15) is 0 Å². The Morgan fingerprint density at radius 3 is 2.45 bits per heavy atom. The van der Waals surface area contributed by atoms with Crippen LogP contribution >= 0.6 is 0 Å². The average Bonchev–Trinajstić information content (AvgIpc) is 2.05. The fraction of sp³-hybridized carbons (Fsp3) is 0. The van der Waals surface area contributed by atoms with Gasteiger partial charge in [0.15, 0.2) is 0 Å². The van der Waals surface area contributed by atoms with Gasteiger partial charge < -0.3 is 0 Å². The number of fused-ring (bicyclic) bond motifs is 1. The molecule has 0 aliphatic rings. The van der Waals surface area contributed by atoms with Gasteiger partial charge in [0.05, 0.1) is 0 Å². The molecule has 0 amide bonds. The Bertz CT molecular complexity index is 276. The Morgan fingerprint density at radius 1 is 0.909 bits per heavy atom. The molecular weight excluding hydrogens is 185 g/mol. The molecule has 0 bridgehead atoms. The first-order valence-corrected chi connectivity index (χ1v) is 3.32. The molecule has 0 saturated carbocycles. The zero-order chi connectivity index (χ0) is 6.81.